The summed E-state index contributed by atoms with van der Waals surface area (Å²) in [5.41, 5.74) is 0. The van der Waals surface area contributed by atoms with E-state index >= 15 is 0 Å². The van der Waals surface area contributed by atoms with Crippen LogP contribution in [-0.4, -0.2) is 96.7 Å². The quantitative estimate of drug-likeness (QED) is 0.0222. The van der Waals surface area contributed by atoms with Crippen molar-refractivity contribution >= 4 is 39.5 Å². The number of rotatable bonds is 83. The number of ether oxygens (including phenoxy) is 4. The third kappa shape index (κ3) is 76.1. The molecule has 101 heavy (non-hydrogen) atoms. The molecule has 17 nitrogen and oxygen atoms in total. The number of hydrogen-bond donors (Lipinski definition) is 3. The number of esters is 4. The summed E-state index contributed by atoms with van der Waals surface area (Å²) in [5.74, 6) is -2.10. The molecule has 0 saturated heterocycles. The van der Waals surface area contributed by atoms with E-state index in [9.17, 15) is 43.2 Å². The van der Waals surface area contributed by atoms with E-state index in [-0.39, 0.29) is 25.7 Å². The van der Waals surface area contributed by atoms with E-state index in [1.807, 2.05) is 0 Å². The molecule has 0 radical (unpaired) electrons. The number of carbonyl (C=O) groups excluding carboxylic acids is 4. The lowest BCUT2D eigenvalue weighted by molar-refractivity contribution is -0.161. The second-order valence-corrected chi connectivity index (χ2v) is 32.4. The number of phosphoric ester groups is 2. The van der Waals surface area contributed by atoms with Crippen LogP contribution in [0.4, 0.5) is 0 Å². The minimum atomic E-state index is -4.96. The Labute approximate surface area is 619 Å². The maximum absolute atomic E-state index is 13.1. The summed E-state index contributed by atoms with van der Waals surface area (Å²) in [6, 6.07) is 0. The molecule has 0 aromatic rings. The summed E-state index contributed by atoms with van der Waals surface area (Å²) in [4.78, 5) is 73.1. The molecule has 0 amide bonds. The van der Waals surface area contributed by atoms with Crippen molar-refractivity contribution < 1.29 is 80.2 Å². The van der Waals surface area contributed by atoms with Crippen LogP contribution in [0.25, 0.3) is 0 Å². The lowest BCUT2D eigenvalue weighted by Crippen LogP contribution is -2.30. The molecule has 0 fully saturated rings. The molecule has 0 aromatic heterocycles. The minimum absolute atomic E-state index is 0.109. The molecule has 600 valence electrons. The molecule has 0 aliphatic carbocycles. The maximum atomic E-state index is 13.1. The van der Waals surface area contributed by atoms with Crippen molar-refractivity contribution in [1.29, 1.82) is 0 Å². The third-order valence-corrected chi connectivity index (χ3v) is 21.3. The summed E-state index contributed by atoms with van der Waals surface area (Å²) >= 11 is 0. The van der Waals surface area contributed by atoms with Crippen LogP contribution in [-0.2, 0) is 65.4 Å². The zero-order valence-electron chi connectivity index (χ0n) is 65.9. The summed E-state index contributed by atoms with van der Waals surface area (Å²) in [6.45, 7) is 5.04. The van der Waals surface area contributed by atoms with Gasteiger partial charge in [-0.05, 0) is 25.7 Å². The predicted molar refractivity (Wildman–Crippen MR) is 414 cm³/mol. The lowest BCUT2D eigenvalue weighted by atomic mass is 10.0. The average Bonchev–Trinajstić information content (AvgIpc) is 0.939. The maximum Gasteiger partial charge on any atom is 0.472 e. The first kappa shape index (κ1) is 99.1. The lowest BCUT2D eigenvalue weighted by Gasteiger charge is -2.21. The molecule has 5 atom stereocenters. The summed E-state index contributed by atoms with van der Waals surface area (Å²) in [6.07, 6.45) is 69.2. The number of phosphoric acid groups is 2. The van der Waals surface area contributed by atoms with E-state index in [1.54, 1.807) is 0 Å². The van der Waals surface area contributed by atoms with Crippen LogP contribution in [0.5, 0.6) is 0 Å². The Hall–Kier alpha value is -1.94. The Balaban J connectivity index is 5.24. The van der Waals surface area contributed by atoms with Gasteiger partial charge in [0.15, 0.2) is 12.2 Å². The Bertz CT molecular complexity index is 1910. The van der Waals surface area contributed by atoms with Crippen molar-refractivity contribution in [1.82, 2.24) is 0 Å². The molecule has 0 aromatic carbocycles. The monoisotopic (exact) mass is 1480 g/mol. The zero-order valence-corrected chi connectivity index (χ0v) is 67.7. The largest absolute Gasteiger partial charge is 0.472 e. The molecule has 0 aliphatic rings. The molecule has 0 spiro atoms. The SMILES string of the molecule is CCCCCCCCCCCCCCCCCCCCC(=O)OC[C@H](COP(=O)(O)OC[C@@H](O)COP(=O)(O)OC[C@@H](COC(=O)CCCCCCCCCCCCCC)OC(=O)CCCCCCCCCCCCCCC)OC(=O)CCCCCCCCCCCCCCCCCCCC. The molecule has 0 aliphatic heterocycles. The van der Waals surface area contributed by atoms with Gasteiger partial charge in [-0.1, -0.05) is 394 Å². The Morgan fingerprint density at radius 1 is 0.238 bits per heavy atom. The van der Waals surface area contributed by atoms with Gasteiger partial charge >= 0.3 is 39.5 Å². The fourth-order valence-electron chi connectivity index (χ4n) is 12.8. The summed E-state index contributed by atoms with van der Waals surface area (Å²) in [7, 11) is -9.92. The fraction of sp³-hybridized carbons (Fsp3) is 0.951. The highest BCUT2D eigenvalue weighted by molar-refractivity contribution is 7.47. The summed E-state index contributed by atoms with van der Waals surface area (Å²) in [5, 5.41) is 10.7. The van der Waals surface area contributed by atoms with Crippen LogP contribution in [0.15, 0.2) is 0 Å². The van der Waals surface area contributed by atoms with Crippen molar-refractivity contribution in [2.75, 3.05) is 39.6 Å². The predicted octanol–water partition coefficient (Wildman–Crippen LogP) is 25.0. The molecule has 0 heterocycles. The van der Waals surface area contributed by atoms with Crippen LogP contribution in [0.1, 0.15) is 445 Å². The van der Waals surface area contributed by atoms with Gasteiger partial charge in [-0.2, -0.15) is 0 Å². The highest BCUT2D eigenvalue weighted by atomic mass is 31.2. The molecular formula is C82H160O17P2. The Kier molecular flexibility index (Phi) is 74.8. The molecule has 0 saturated carbocycles. The van der Waals surface area contributed by atoms with Crippen LogP contribution >= 0.6 is 15.6 Å². The van der Waals surface area contributed by atoms with Gasteiger partial charge < -0.3 is 33.8 Å². The van der Waals surface area contributed by atoms with Gasteiger partial charge in [0.05, 0.1) is 26.4 Å². The fourth-order valence-corrected chi connectivity index (χ4v) is 14.4. The smallest absolute Gasteiger partial charge is 0.462 e. The Morgan fingerprint density at radius 2 is 0.396 bits per heavy atom. The van der Waals surface area contributed by atoms with E-state index in [4.69, 9.17) is 37.0 Å². The van der Waals surface area contributed by atoms with Gasteiger partial charge in [0.2, 0.25) is 0 Å². The molecule has 2 unspecified atom stereocenters. The first-order valence-electron chi connectivity index (χ1n) is 42.8. The number of carbonyl (C=O) groups is 4. The van der Waals surface area contributed by atoms with Gasteiger partial charge in [0.25, 0.3) is 0 Å². The van der Waals surface area contributed by atoms with Gasteiger partial charge in [-0.25, -0.2) is 9.13 Å². The second-order valence-electron chi connectivity index (χ2n) is 29.5. The molecule has 19 heteroatoms. The first-order chi connectivity index (χ1) is 49.2. The van der Waals surface area contributed by atoms with E-state index in [0.29, 0.717) is 25.7 Å². The topological polar surface area (TPSA) is 237 Å². The van der Waals surface area contributed by atoms with E-state index in [1.165, 1.54) is 276 Å². The van der Waals surface area contributed by atoms with E-state index < -0.39 is 97.5 Å². The first-order valence-corrected chi connectivity index (χ1v) is 45.8. The average molecular weight is 1480 g/mol. The van der Waals surface area contributed by atoms with E-state index in [0.717, 1.165) is 89.9 Å². The minimum Gasteiger partial charge on any atom is -0.462 e. The summed E-state index contributed by atoms with van der Waals surface area (Å²) < 4.78 is 68.8. The van der Waals surface area contributed by atoms with Crippen LogP contribution in [0.2, 0.25) is 0 Å². The zero-order chi connectivity index (χ0) is 73.9. The number of aliphatic hydroxyl groups excluding tert-OH is 1. The standard InChI is InChI=1S/C82H160O17P2/c1-5-9-13-17-21-25-29-33-35-37-39-41-44-47-51-55-59-63-67-80(85)93-73-78(99-82(87)69-65-61-57-53-49-45-42-40-38-36-34-30-26-22-18-14-10-6-2)75-97-101(90,91)95-71-76(83)70-94-100(88,89)96-74-77(72-92-79(84)66-62-58-54-50-46-32-28-24-20-16-12-8-4)98-81(86)68-64-60-56-52-48-43-31-27-23-19-15-11-7-3/h76-78,83H,5-75H2,1-4H3,(H,88,89)(H,90,91)/t76-,77+,78+/m0/s1. The third-order valence-electron chi connectivity index (χ3n) is 19.4. The highest BCUT2D eigenvalue weighted by Crippen LogP contribution is 2.45. The normalized spacial score (nSPS) is 13.8. The van der Waals surface area contributed by atoms with Gasteiger partial charge in [-0.15, -0.1) is 0 Å². The van der Waals surface area contributed by atoms with Gasteiger partial charge in [0, 0.05) is 25.7 Å². The Morgan fingerprint density at radius 3 is 0.584 bits per heavy atom. The van der Waals surface area contributed by atoms with Crippen LogP contribution in [0, 0.1) is 0 Å². The number of hydrogen-bond acceptors (Lipinski definition) is 15. The van der Waals surface area contributed by atoms with Gasteiger partial charge in [0.1, 0.15) is 19.3 Å². The van der Waals surface area contributed by atoms with Crippen molar-refractivity contribution in [3.8, 4) is 0 Å². The van der Waals surface area contributed by atoms with Crippen molar-refractivity contribution in [3.05, 3.63) is 0 Å². The number of unbranched alkanes of at least 4 members (excludes halogenated alkanes) is 57. The molecular weight excluding hydrogens is 1320 g/mol. The highest BCUT2D eigenvalue weighted by Gasteiger charge is 2.30. The van der Waals surface area contributed by atoms with Crippen LogP contribution < -0.4 is 0 Å². The molecule has 0 rings (SSSR count). The van der Waals surface area contributed by atoms with E-state index in [2.05, 4.69) is 27.7 Å². The van der Waals surface area contributed by atoms with Crippen molar-refractivity contribution in [2.45, 2.75) is 463 Å². The van der Waals surface area contributed by atoms with Crippen LogP contribution in [0.3, 0.4) is 0 Å². The number of aliphatic hydroxyl groups is 1. The molecule has 3 N–H and O–H groups in total. The van der Waals surface area contributed by atoms with Gasteiger partial charge in [-0.3, -0.25) is 37.3 Å². The van der Waals surface area contributed by atoms with Crippen molar-refractivity contribution in [3.63, 3.8) is 0 Å². The van der Waals surface area contributed by atoms with Crippen molar-refractivity contribution in [2.24, 2.45) is 0 Å². The molecule has 0 bridgehead atoms. The second kappa shape index (κ2) is 76.3.